The number of amides is 1. The van der Waals surface area contributed by atoms with E-state index >= 15 is 0 Å². The summed E-state index contributed by atoms with van der Waals surface area (Å²) < 4.78 is 2.10. The Labute approximate surface area is 109 Å². The molecule has 19 heavy (non-hydrogen) atoms. The molecule has 1 unspecified atom stereocenters. The fourth-order valence-corrected chi connectivity index (χ4v) is 2.79. The Morgan fingerprint density at radius 1 is 1.26 bits per heavy atom. The van der Waals surface area contributed by atoms with Crippen molar-refractivity contribution >= 4 is 27.7 Å². The van der Waals surface area contributed by atoms with E-state index in [2.05, 4.69) is 32.7 Å². The highest BCUT2D eigenvalue weighted by Gasteiger charge is 2.20. The van der Waals surface area contributed by atoms with Crippen molar-refractivity contribution in [3.05, 3.63) is 42.0 Å². The van der Waals surface area contributed by atoms with Crippen LogP contribution in [0.1, 0.15) is 6.92 Å². The fraction of sp³-hybridized carbons (Fsp3) is 0.200. The SMILES string of the molecule is CC1Cn2c([nH]c3cccc4cccc2c43)=NC1=O. The number of carbonyl (C=O) groups excluding carboxylic acids is 1. The molecule has 1 atom stereocenters. The third kappa shape index (κ3) is 1.40. The molecule has 94 valence electrons. The average Bonchev–Trinajstić information content (AvgIpc) is 2.42. The highest BCUT2D eigenvalue weighted by Crippen LogP contribution is 2.24. The van der Waals surface area contributed by atoms with Crippen LogP contribution in [0.25, 0.3) is 21.8 Å². The van der Waals surface area contributed by atoms with E-state index in [-0.39, 0.29) is 11.8 Å². The van der Waals surface area contributed by atoms with Crippen LogP contribution in [0.3, 0.4) is 0 Å². The molecule has 0 radical (unpaired) electrons. The number of rotatable bonds is 0. The van der Waals surface area contributed by atoms with Crippen molar-refractivity contribution in [1.29, 1.82) is 0 Å². The van der Waals surface area contributed by atoms with E-state index in [1.807, 2.05) is 25.1 Å². The van der Waals surface area contributed by atoms with Crippen molar-refractivity contribution in [3.8, 4) is 0 Å². The monoisotopic (exact) mass is 251 g/mol. The maximum absolute atomic E-state index is 11.7. The number of fused-ring (bicyclic) bond motifs is 2. The Morgan fingerprint density at radius 2 is 2.05 bits per heavy atom. The normalized spacial score (nSPS) is 18.6. The molecule has 1 aromatic heterocycles. The van der Waals surface area contributed by atoms with Gasteiger partial charge in [0.1, 0.15) is 0 Å². The van der Waals surface area contributed by atoms with Crippen LogP contribution in [-0.2, 0) is 11.3 Å². The second-order valence-electron chi connectivity index (χ2n) is 5.09. The van der Waals surface area contributed by atoms with Crippen molar-refractivity contribution in [1.82, 2.24) is 9.55 Å². The Morgan fingerprint density at radius 3 is 2.89 bits per heavy atom. The Balaban J connectivity index is 2.26. The Hall–Kier alpha value is -2.36. The van der Waals surface area contributed by atoms with Gasteiger partial charge in [0.25, 0.3) is 5.91 Å². The summed E-state index contributed by atoms with van der Waals surface area (Å²) in [4.78, 5) is 19.2. The maximum Gasteiger partial charge on any atom is 0.253 e. The zero-order valence-corrected chi connectivity index (χ0v) is 10.6. The van der Waals surface area contributed by atoms with E-state index in [1.165, 1.54) is 10.8 Å². The largest absolute Gasteiger partial charge is 0.325 e. The lowest BCUT2D eigenvalue weighted by atomic mass is 10.1. The van der Waals surface area contributed by atoms with Gasteiger partial charge in [-0.1, -0.05) is 31.2 Å². The van der Waals surface area contributed by atoms with Crippen LogP contribution in [0.2, 0.25) is 0 Å². The average molecular weight is 251 g/mol. The van der Waals surface area contributed by atoms with Gasteiger partial charge in [-0.2, -0.15) is 4.99 Å². The van der Waals surface area contributed by atoms with Gasteiger partial charge in [-0.05, 0) is 17.5 Å². The first-order valence-corrected chi connectivity index (χ1v) is 6.43. The molecule has 4 rings (SSSR count). The second-order valence-corrected chi connectivity index (χ2v) is 5.09. The summed E-state index contributed by atoms with van der Waals surface area (Å²) in [5, 5.41) is 2.40. The number of aromatic amines is 1. The van der Waals surface area contributed by atoms with Crippen LogP contribution < -0.4 is 5.62 Å². The molecule has 1 N–H and O–H groups in total. The maximum atomic E-state index is 11.7. The zero-order chi connectivity index (χ0) is 13.0. The van der Waals surface area contributed by atoms with Crippen molar-refractivity contribution in [2.24, 2.45) is 10.9 Å². The Bertz CT molecular complexity index is 880. The van der Waals surface area contributed by atoms with Gasteiger partial charge in [-0.15, -0.1) is 0 Å². The summed E-state index contributed by atoms with van der Waals surface area (Å²) in [6.07, 6.45) is 0. The lowest BCUT2D eigenvalue weighted by molar-refractivity contribution is -0.122. The zero-order valence-electron chi connectivity index (χ0n) is 10.6. The third-order valence-electron chi connectivity index (χ3n) is 3.77. The molecule has 4 nitrogen and oxygen atoms in total. The molecular formula is C15H13N3O. The minimum absolute atomic E-state index is 0.0506. The van der Waals surface area contributed by atoms with Crippen LogP contribution in [0.4, 0.5) is 0 Å². The molecule has 0 fully saturated rings. The van der Waals surface area contributed by atoms with Gasteiger partial charge in [0.2, 0.25) is 5.62 Å². The predicted molar refractivity (Wildman–Crippen MR) is 73.5 cm³/mol. The molecule has 1 aliphatic heterocycles. The van der Waals surface area contributed by atoms with E-state index in [9.17, 15) is 4.79 Å². The molecule has 0 saturated carbocycles. The lowest BCUT2D eigenvalue weighted by Crippen LogP contribution is -2.35. The van der Waals surface area contributed by atoms with E-state index in [4.69, 9.17) is 0 Å². The number of nitrogens with one attached hydrogen (secondary N) is 1. The van der Waals surface area contributed by atoms with E-state index < -0.39 is 0 Å². The van der Waals surface area contributed by atoms with E-state index in [1.54, 1.807) is 0 Å². The van der Waals surface area contributed by atoms with Crippen molar-refractivity contribution in [2.45, 2.75) is 13.5 Å². The summed E-state index contributed by atoms with van der Waals surface area (Å²) in [7, 11) is 0. The van der Waals surface area contributed by atoms with Gasteiger partial charge in [0.05, 0.1) is 17.0 Å². The minimum atomic E-state index is -0.0638. The predicted octanol–water partition coefficient (Wildman–Crippen LogP) is 2.20. The second kappa shape index (κ2) is 3.57. The smallest absolute Gasteiger partial charge is 0.253 e. The number of aromatic nitrogens is 2. The van der Waals surface area contributed by atoms with Crippen LogP contribution in [0.5, 0.6) is 0 Å². The standard InChI is InChI=1S/C15H13N3O/c1-9-8-18-12-7-3-5-10-4-2-6-11(13(10)12)16-15(18)17-14(9)19/h2-7,9H,8H2,1H3,(H,16,17,19). The first-order valence-electron chi connectivity index (χ1n) is 6.43. The molecule has 1 aliphatic rings. The van der Waals surface area contributed by atoms with Gasteiger partial charge >= 0.3 is 0 Å². The molecule has 2 aromatic carbocycles. The first-order chi connectivity index (χ1) is 9.24. The van der Waals surface area contributed by atoms with Crippen molar-refractivity contribution < 1.29 is 4.79 Å². The molecule has 1 amide bonds. The third-order valence-corrected chi connectivity index (χ3v) is 3.77. The number of benzene rings is 2. The van der Waals surface area contributed by atoms with Crippen molar-refractivity contribution in [3.63, 3.8) is 0 Å². The molecule has 4 heteroatoms. The fourth-order valence-electron chi connectivity index (χ4n) is 2.79. The quantitative estimate of drug-likeness (QED) is 0.654. The van der Waals surface area contributed by atoms with Crippen LogP contribution in [-0.4, -0.2) is 15.5 Å². The molecular weight excluding hydrogens is 238 g/mol. The molecule has 0 aliphatic carbocycles. The van der Waals surface area contributed by atoms with Crippen LogP contribution in [0.15, 0.2) is 41.4 Å². The highest BCUT2D eigenvalue weighted by molar-refractivity contribution is 6.06. The molecule has 0 saturated heterocycles. The summed E-state index contributed by atoms with van der Waals surface area (Å²) in [6, 6.07) is 12.4. The van der Waals surface area contributed by atoms with Crippen molar-refractivity contribution in [2.75, 3.05) is 0 Å². The minimum Gasteiger partial charge on any atom is -0.325 e. The molecule has 0 spiro atoms. The summed E-state index contributed by atoms with van der Waals surface area (Å²) in [5.41, 5.74) is 2.80. The Kier molecular flexibility index (Phi) is 1.98. The van der Waals surface area contributed by atoms with Crippen LogP contribution in [0, 0.1) is 5.92 Å². The van der Waals surface area contributed by atoms with Gasteiger partial charge < -0.3 is 9.55 Å². The van der Waals surface area contributed by atoms with E-state index in [0.717, 1.165) is 11.0 Å². The number of hydrogen-bond donors (Lipinski definition) is 1. The molecule has 2 heterocycles. The van der Waals surface area contributed by atoms with Gasteiger partial charge in [0, 0.05) is 11.9 Å². The number of hydrogen-bond acceptors (Lipinski definition) is 1. The summed E-state index contributed by atoms with van der Waals surface area (Å²) in [6.45, 7) is 2.60. The van der Waals surface area contributed by atoms with Gasteiger partial charge in [0.15, 0.2) is 0 Å². The van der Waals surface area contributed by atoms with Crippen LogP contribution >= 0.6 is 0 Å². The highest BCUT2D eigenvalue weighted by atomic mass is 16.1. The number of carbonyl (C=O) groups is 1. The number of H-pyrrole nitrogens is 1. The van der Waals surface area contributed by atoms with Gasteiger partial charge in [-0.3, -0.25) is 4.79 Å². The molecule has 3 aromatic rings. The summed E-state index contributed by atoms with van der Waals surface area (Å²) >= 11 is 0. The number of nitrogens with zero attached hydrogens (tertiary/aromatic N) is 2. The molecule has 0 bridgehead atoms. The summed E-state index contributed by atoms with van der Waals surface area (Å²) in [5.74, 6) is -0.114. The first kappa shape index (κ1) is 10.6. The lowest BCUT2D eigenvalue weighted by Gasteiger charge is -2.20. The van der Waals surface area contributed by atoms with Gasteiger partial charge in [-0.25, -0.2) is 0 Å². The van der Waals surface area contributed by atoms with E-state index in [0.29, 0.717) is 12.2 Å². The topological polar surface area (TPSA) is 50.1 Å².